The van der Waals surface area contributed by atoms with Crippen LogP contribution in [0.15, 0.2) is 65.1 Å². The second-order valence-electron chi connectivity index (χ2n) is 8.22. The van der Waals surface area contributed by atoms with Crippen LogP contribution in [0.25, 0.3) is 11.0 Å². The number of benzene rings is 2. The number of fused-ring (bicyclic) bond motifs is 2. The number of cyclic esters (lactones) is 1. The van der Waals surface area contributed by atoms with Crippen LogP contribution < -0.4 is 9.47 Å². The maximum atomic E-state index is 13.1. The molecule has 1 atom stereocenters. The predicted molar refractivity (Wildman–Crippen MR) is 128 cm³/mol. The summed E-state index contributed by atoms with van der Waals surface area (Å²) in [6, 6.07) is 14.9. The molecule has 0 saturated carbocycles. The summed E-state index contributed by atoms with van der Waals surface area (Å²) in [5.74, 6) is -1.29. The van der Waals surface area contributed by atoms with Crippen molar-refractivity contribution in [3.63, 3.8) is 0 Å². The highest BCUT2D eigenvalue weighted by atomic mass is 32.1. The van der Waals surface area contributed by atoms with Crippen LogP contribution in [0.1, 0.15) is 22.4 Å². The maximum Gasteiger partial charge on any atom is 0.337 e. The van der Waals surface area contributed by atoms with Crippen LogP contribution in [0.2, 0.25) is 0 Å². The number of aliphatic hydroxyl groups is 1. The second-order valence-corrected chi connectivity index (χ2v) is 9.78. The van der Waals surface area contributed by atoms with Gasteiger partial charge in [-0.15, -0.1) is 11.3 Å². The molecule has 172 valence electrons. The van der Waals surface area contributed by atoms with Gasteiger partial charge in [0, 0.05) is 40.8 Å². The Labute approximate surface area is 203 Å². The highest BCUT2D eigenvalue weighted by Crippen LogP contribution is 2.45. The lowest BCUT2D eigenvalue weighted by Crippen LogP contribution is -2.29. The molecule has 6 rings (SSSR count). The van der Waals surface area contributed by atoms with Gasteiger partial charge in [0.05, 0.1) is 24.9 Å². The van der Waals surface area contributed by atoms with Crippen LogP contribution in [0, 0.1) is 0 Å². The van der Waals surface area contributed by atoms with Crippen LogP contribution >= 0.6 is 23.1 Å². The quantitative estimate of drug-likeness (QED) is 0.413. The highest BCUT2D eigenvalue weighted by molar-refractivity contribution is 7.09. The van der Waals surface area contributed by atoms with Crippen molar-refractivity contribution in [2.45, 2.75) is 25.0 Å². The monoisotopic (exact) mass is 492 g/mol. The van der Waals surface area contributed by atoms with Gasteiger partial charge in [-0.3, -0.25) is 0 Å². The number of carbonyl (C=O) groups excluding carboxylic acids is 1. The molecule has 0 bridgehead atoms. The van der Waals surface area contributed by atoms with Gasteiger partial charge in [-0.2, -0.15) is 8.75 Å². The van der Waals surface area contributed by atoms with E-state index in [2.05, 4.69) is 8.75 Å². The molecular formula is C25H20N2O5S2. The van der Waals surface area contributed by atoms with Gasteiger partial charge >= 0.3 is 5.97 Å². The molecule has 0 fully saturated rings. The van der Waals surface area contributed by atoms with E-state index in [1.54, 1.807) is 29.5 Å². The molecule has 4 aromatic rings. The number of ether oxygens (including phenoxy) is 3. The molecule has 1 N–H and O–H groups in total. The van der Waals surface area contributed by atoms with Crippen LogP contribution in [0.5, 0.6) is 11.5 Å². The van der Waals surface area contributed by atoms with Crippen LogP contribution in [-0.2, 0) is 28.2 Å². The summed E-state index contributed by atoms with van der Waals surface area (Å²) in [5.41, 5.74) is 3.92. The van der Waals surface area contributed by atoms with Gasteiger partial charge in [0.25, 0.3) is 5.79 Å². The molecular weight excluding hydrogens is 472 g/mol. The summed E-state index contributed by atoms with van der Waals surface area (Å²) in [4.78, 5) is 14.1. The van der Waals surface area contributed by atoms with E-state index >= 15 is 0 Å². The second kappa shape index (κ2) is 8.50. The van der Waals surface area contributed by atoms with Crippen molar-refractivity contribution in [2.75, 3.05) is 13.2 Å². The number of thiophene rings is 1. The number of esters is 1. The third-order valence-electron chi connectivity index (χ3n) is 6.03. The summed E-state index contributed by atoms with van der Waals surface area (Å²) in [6.07, 6.45) is 1.48. The van der Waals surface area contributed by atoms with Gasteiger partial charge in [-0.05, 0) is 47.3 Å². The van der Waals surface area contributed by atoms with Crippen molar-refractivity contribution >= 4 is 40.1 Å². The molecule has 0 saturated heterocycles. The molecule has 2 aromatic carbocycles. The molecule has 7 nitrogen and oxygen atoms in total. The Hall–Kier alpha value is -3.27. The number of rotatable bonds is 5. The summed E-state index contributed by atoms with van der Waals surface area (Å²) in [7, 11) is 0. The molecule has 34 heavy (non-hydrogen) atoms. The number of nitrogens with zero attached hydrogens (tertiary/aromatic N) is 2. The van der Waals surface area contributed by atoms with Gasteiger partial charge in [0.1, 0.15) is 11.0 Å². The average molecular weight is 493 g/mol. The Morgan fingerprint density at radius 2 is 1.82 bits per heavy atom. The first-order chi connectivity index (χ1) is 16.6. The van der Waals surface area contributed by atoms with Crippen molar-refractivity contribution in [2.24, 2.45) is 0 Å². The third kappa shape index (κ3) is 3.75. The van der Waals surface area contributed by atoms with E-state index in [9.17, 15) is 9.90 Å². The van der Waals surface area contributed by atoms with Crippen molar-refractivity contribution in [1.82, 2.24) is 8.75 Å². The molecule has 4 heterocycles. The van der Waals surface area contributed by atoms with Gasteiger partial charge in [0.2, 0.25) is 0 Å². The number of carbonyl (C=O) groups is 1. The van der Waals surface area contributed by atoms with E-state index in [0.29, 0.717) is 54.3 Å². The summed E-state index contributed by atoms with van der Waals surface area (Å²) in [6.45, 7) is 1.08. The van der Waals surface area contributed by atoms with E-state index in [4.69, 9.17) is 14.2 Å². The van der Waals surface area contributed by atoms with Crippen molar-refractivity contribution in [3.8, 4) is 11.5 Å². The Morgan fingerprint density at radius 3 is 2.68 bits per heavy atom. The average Bonchev–Trinajstić information content (AvgIpc) is 3.52. The molecule has 0 radical (unpaired) electrons. The lowest BCUT2D eigenvalue weighted by molar-refractivity contribution is -0.186. The zero-order valence-electron chi connectivity index (χ0n) is 18.0. The zero-order valence-corrected chi connectivity index (χ0v) is 19.7. The van der Waals surface area contributed by atoms with Crippen LogP contribution in [0.4, 0.5) is 0 Å². The van der Waals surface area contributed by atoms with Crippen molar-refractivity contribution < 1.29 is 24.1 Å². The van der Waals surface area contributed by atoms with Gasteiger partial charge in [-0.25, -0.2) is 4.79 Å². The Balaban J connectivity index is 1.45. The summed E-state index contributed by atoms with van der Waals surface area (Å²) in [5, 5.41) is 13.8. The standard InChI is InChI=1S/C25H20N2O5S2/c28-24-18(14-17-3-1-10-33-17)19(11-15-4-6-20-21(12-15)27-34-26-20)25(29,32-24)16-5-7-22-23(13-16)31-9-2-8-30-22/h1,3-7,10,12-13,29H,2,8-9,11,14H2. The zero-order chi connectivity index (χ0) is 23.1. The van der Waals surface area contributed by atoms with Crippen molar-refractivity contribution in [3.05, 3.63) is 81.1 Å². The third-order valence-corrected chi connectivity index (χ3v) is 7.46. The van der Waals surface area contributed by atoms with Gasteiger partial charge in [0.15, 0.2) is 11.5 Å². The maximum absolute atomic E-state index is 13.1. The van der Waals surface area contributed by atoms with E-state index in [1.807, 2.05) is 35.7 Å². The molecule has 0 amide bonds. The summed E-state index contributed by atoms with van der Waals surface area (Å²) >= 11 is 2.72. The largest absolute Gasteiger partial charge is 0.490 e. The smallest absolute Gasteiger partial charge is 0.337 e. The molecule has 9 heteroatoms. The molecule has 2 aliphatic rings. The molecule has 0 aliphatic carbocycles. The topological polar surface area (TPSA) is 90.8 Å². The predicted octanol–water partition coefficient (Wildman–Crippen LogP) is 4.40. The first-order valence-electron chi connectivity index (χ1n) is 10.9. The molecule has 2 aromatic heterocycles. The fourth-order valence-corrected chi connectivity index (χ4v) is 5.56. The first kappa shape index (κ1) is 21.3. The fraction of sp³-hybridized carbons (Fsp3) is 0.240. The first-order valence-corrected chi connectivity index (χ1v) is 12.5. The molecule has 1 unspecified atom stereocenters. The van der Waals surface area contributed by atoms with Crippen LogP contribution in [0.3, 0.4) is 0 Å². The van der Waals surface area contributed by atoms with Gasteiger partial charge in [-0.1, -0.05) is 12.1 Å². The van der Waals surface area contributed by atoms with Crippen molar-refractivity contribution in [1.29, 1.82) is 0 Å². The lowest BCUT2D eigenvalue weighted by atomic mass is 9.89. The SMILES string of the molecule is O=C1OC(O)(c2ccc3c(c2)OCCCO3)C(Cc2ccc3nsnc3c2)=C1Cc1cccs1. The Morgan fingerprint density at radius 1 is 0.971 bits per heavy atom. The summed E-state index contributed by atoms with van der Waals surface area (Å²) < 4.78 is 25.8. The van der Waals surface area contributed by atoms with E-state index < -0.39 is 11.8 Å². The normalized spacial score (nSPS) is 20.0. The highest BCUT2D eigenvalue weighted by Gasteiger charge is 2.48. The van der Waals surface area contributed by atoms with Gasteiger partial charge < -0.3 is 19.3 Å². The molecule has 0 spiro atoms. The Kier molecular flexibility index (Phi) is 5.32. The van der Waals surface area contributed by atoms with E-state index in [-0.39, 0.29) is 0 Å². The number of aromatic nitrogens is 2. The van der Waals surface area contributed by atoms with E-state index in [0.717, 1.165) is 39.6 Å². The number of hydrogen-bond donors (Lipinski definition) is 1. The minimum Gasteiger partial charge on any atom is -0.490 e. The minimum absolute atomic E-state index is 0.324. The van der Waals surface area contributed by atoms with Crippen LogP contribution in [-0.4, -0.2) is 33.0 Å². The van der Waals surface area contributed by atoms with E-state index in [1.165, 1.54) is 0 Å². The fourth-order valence-electron chi connectivity index (χ4n) is 4.33. The minimum atomic E-state index is -1.91. The lowest BCUT2D eigenvalue weighted by Gasteiger charge is -2.26. The number of hydrogen-bond acceptors (Lipinski definition) is 9. The molecule has 2 aliphatic heterocycles. The Bertz CT molecular complexity index is 1410.